The molecule has 1 heterocycles. The van der Waals surface area contributed by atoms with Crippen molar-refractivity contribution >= 4 is 29.2 Å². The van der Waals surface area contributed by atoms with Gasteiger partial charge in [0.15, 0.2) is 11.5 Å². The summed E-state index contributed by atoms with van der Waals surface area (Å²) in [7, 11) is 0. The summed E-state index contributed by atoms with van der Waals surface area (Å²) < 4.78 is 49.8. The Labute approximate surface area is 140 Å². The maximum absolute atomic E-state index is 13.4. The SMILES string of the molecule is CCC(C)NC(=O)NC1(C(F)(F)F)Oc2cc(Cl)c(Cl)cc2O1. The van der Waals surface area contributed by atoms with Crippen molar-refractivity contribution in [1.29, 1.82) is 0 Å². The monoisotopic (exact) mass is 372 g/mol. The first-order chi connectivity index (χ1) is 10.6. The van der Waals surface area contributed by atoms with Crippen LogP contribution in [0, 0.1) is 0 Å². The molecule has 1 aliphatic rings. The predicted octanol–water partition coefficient (Wildman–Crippen LogP) is 4.08. The van der Waals surface area contributed by atoms with E-state index >= 15 is 0 Å². The molecule has 0 saturated carbocycles. The molecule has 1 aliphatic heterocycles. The molecule has 2 rings (SSSR count). The summed E-state index contributed by atoms with van der Waals surface area (Å²) in [4.78, 5) is 11.8. The predicted molar refractivity (Wildman–Crippen MR) is 77.9 cm³/mol. The fourth-order valence-electron chi connectivity index (χ4n) is 1.75. The van der Waals surface area contributed by atoms with E-state index in [1.807, 2.05) is 0 Å². The van der Waals surface area contributed by atoms with Crippen LogP contribution in [0.3, 0.4) is 0 Å². The zero-order valence-electron chi connectivity index (χ0n) is 12.1. The molecule has 0 fully saturated rings. The van der Waals surface area contributed by atoms with Crippen LogP contribution >= 0.6 is 23.2 Å². The number of rotatable bonds is 3. The van der Waals surface area contributed by atoms with E-state index in [9.17, 15) is 18.0 Å². The van der Waals surface area contributed by atoms with E-state index in [1.54, 1.807) is 19.2 Å². The molecule has 5 nitrogen and oxygen atoms in total. The molecule has 1 atom stereocenters. The van der Waals surface area contributed by atoms with Crippen molar-refractivity contribution in [3.05, 3.63) is 22.2 Å². The number of alkyl halides is 3. The van der Waals surface area contributed by atoms with Gasteiger partial charge >= 0.3 is 18.1 Å². The molecule has 1 aromatic carbocycles. The van der Waals surface area contributed by atoms with Crippen molar-refractivity contribution in [2.24, 2.45) is 0 Å². The molecule has 0 spiro atoms. The number of amides is 2. The summed E-state index contributed by atoms with van der Waals surface area (Å²) in [6, 6.07) is 0.761. The molecule has 1 unspecified atom stereocenters. The molecule has 2 N–H and O–H groups in total. The number of nitrogens with one attached hydrogen (secondary N) is 2. The number of urea groups is 1. The van der Waals surface area contributed by atoms with Gasteiger partial charge in [-0.05, 0) is 13.3 Å². The average Bonchev–Trinajstić information content (AvgIpc) is 2.76. The van der Waals surface area contributed by atoms with E-state index in [4.69, 9.17) is 32.7 Å². The van der Waals surface area contributed by atoms with E-state index in [1.165, 1.54) is 0 Å². The maximum Gasteiger partial charge on any atom is 0.492 e. The van der Waals surface area contributed by atoms with Gasteiger partial charge in [-0.1, -0.05) is 30.1 Å². The van der Waals surface area contributed by atoms with Gasteiger partial charge in [0, 0.05) is 18.2 Å². The number of hydrogen-bond donors (Lipinski definition) is 2. The highest BCUT2D eigenvalue weighted by Crippen LogP contribution is 2.47. The molecule has 10 heteroatoms. The van der Waals surface area contributed by atoms with Crippen molar-refractivity contribution < 1.29 is 27.4 Å². The molecule has 0 aliphatic carbocycles. The molecule has 1 aromatic rings. The Kier molecular flexibility index (Phi) is 4.77. The number of benzene rings is 1. The Morgan fingerprint density at radius 1 is 1.26 bits per heavy atom. The normalized spacial score (nSPS) is 16.8. The first kappa shape index (κ1) is 17.8. The van der Waals surface area contributed by atoms with Crippen LogP contribution in [0.1, 0.15) is 20.3 Å². The third-order valence-corrected chi connectivity index (χ3v) is 3.86. The highest BCUT2D eigenvalue weighted by Gasteiger charge is 2.65. The Balaban J connectivity index is 2.28. The van der Waals surface area contributed by atoms with Gasteiger partial charge in [0.2, 0.25) is 0 Å². The molecule has 23 heavy (non-hydrogen) atoms. The lowest BCUT2D eigenvalue weighted by molar-refractivity contribution is -0.317. The molecule has 0 bridgehead atoms. The van der Waals surface area contributed by atoms with E-state index in [-0.39, 0.29) is 27.6 Å². The Bertz CT molecular complexity index is 594. The van der Waals surface area contributed by atoms with Crippen LogP contribution in [0.5, 0.6) is 11.5 Å². The second-order valence-electron chi connectivity index (χ2n) is 4.94. The summed E-state index contributed by atoms with van der Waals surface area (Å²) in [5.74, 6) is -3.90. The van der Waals surface area contributed by atoms with Gasteiger partial charge in [-0.25, -0.2) is 4.79 Å². The van der Waals surface area contributed by atoms with Crippen LogP contribution in [0.25, 0.3) is 0 Å². The van der Waals surface area contributed by atoms with Crippen LogP contribution in [-0.4, -0.2) is 24.2 Å². The molecule has 0 saturated heterocycles. The number of ether oxygens (including phenoxy) is 2. The summed E-state index contributed by atoms with van der Waals surface area (Å²) in [5, 5.41) is 4.01. The smallest absolute Gasteiger partial charge is 0.424 e. The molecule has 0 aromatic heterocycles. The summed E-state index contributed by atoms with van der Waals surface area (Å²) in [6.07, 6.45) is -4.50. The van der Waals surface area contributed by atoms with Crippen molar-refractivity contribution in [2.45, 2.75) is 38.4 Å². The first-order valence-electron chi connectivity index (χ1n) is 6.60. The molecule has 0 radical (unpaired) electrons. The number of carbonyl (C=O) groups is 1. The van der Waals surface area contributed by atoms with E-state index < -0.39 is 18.1 Å². The lowest BCUT2D eigenvalue weighted by atomic mass is 10.3. The molecule has 2 amide bonds. The number of halogens is 5. The highest BCUT2D eigenvalue weighted by atomic mass is 35.5. The van der Waals surface area contributed by atoms with Gasteiger partial charge in [-0.15, -0.1) is 0 Å². The van der Waals surface area contributed by atoms with Gasteiger partial charge in [0.1, 0.15) is 0 Å². The largest absolute Gasteiger partial charge is 0.492 e. The van der Waals surface area contributed by atoms with Crippen molar-refractivity contribution in [2.75, 3.05) is 0 Å². The minimum Gasteiger partial charge on any atom is -0.424 e. The van der Waals surface area contributed by atoms with E-state index in [0.717, 1.165) is 12.1 Å². The summed E-state index contributed by atoms with van der Waals surface area (Å²) >= 11 is 11.5. The average molecular weight is 373 g/mol. The number of carbonyl (C=O) groups excluding carboxylic acids is 1. The maximum atomic E-state index is 13.4. The van der Waals surface area contributed by atoms with Gasteiger partial charge in [-0.3, -0.25) is 5.32 Å². The Hall–Kier alpha value is -1.54. The Morgan fingerprint density at radius 2 is 1.74 bits per heavy atom. The molecular formula is C13H13Cl2F3N2O3. The molecule has 128 valence electrons. The van der Waals surface area contributed by atoms with Crippen LogP contribution < -0.4 is 20.1 Å². The highest BCUT2D eigenvalue weighted by molar-refractivity contribution is 6.42. The molecular weight excluding hydrogens is 360 g/mol. The van der Waals surface area contributed by atoms with Gasteiger partial charge in [-0.2, -0.15) is 13.2 Å². The third-order valence-electron chi connectivity index (χ3n) is 3.14. The van der Waals surface area contributed by atoms with Crippen LogP contribution in [-0.2, 0) is 0 Å². The fourth-order valence-corrected chi connectivity index (χ4v) is 2.06. The topological polar surface area (TPSA) is 59.6 Å². The van der Waals surface area contributed by atoms with Gasteiger partial charge in [0.25, 0.3) is 0 Å². The van der Waals surface area contributed by atoms with Crippen LogP contribution in [0.2, 0.25) is 10.0 Å². The minimum atomic E-state index is -5.04. The van der Waals surface area contributed by atoms with Crippen LogP contribution in [0.15, 0.2) is 12.1 Å². The van der Waals surface area contributed by atoms with Crippen molar-refractivity contribution in [3.63, 3.8) is 0 Å². The lowest BCUT2D eigenvalue weighted by Gasteiger charge is -2.30. The quantitative estimate of drug-likeness (QED) is 0.840. The third kappa shape index (κ3) is 3.53. The van der Waals surface area contributed by atoms with E-state index in [0.29, 0.717) is 6.42 Å². The lowest BCUT2D eigenvalue weighted by Crippen LogP contribution is -2.66. The standard InChI is InChI=1S/C13H13Cl2F3N2O3/c1-3-6(2)19-11(21)20-13(12(16,17)18)22-9-4-7(14)8(15)5-10(9)23-13/h4-6H,3H2,1-2H3,(H2,19,20,21). The number of fused-ring (bicyclic) bond motifs is 1. The zero-order chi connectivity index (χ0) is 17.4. The second kappa shape index (κ2) is 6.16. The van der Waals surface area contributed by atoms with Gasteiger partial charge in [0.05, 0.1) is 10.0 Å². The second-order valence-corrected chi connectivity index (χ2v) is 5.75. The van der Waals surface area contributed by atoms with Crippen LogP contribution in [0.4, 0.5) is 18.0 Å². The van der Waals surface area contributed by atoms with Crippen molar-refractivity contribution in [3.8, 4) is 11.5 Å². The zero-order valence-corrected chi connectivity index (χ0v) is 13.6. The van der Waals surface area contributed by atoms with Gasteiger partial charge < -0.3 is 14.8 Å². The Morgan fingerprint density at radius 3 is 2.13 bits per heavy atom. The first-order valence-corrected chi connectivity index (χ1v) is 7.36. The van der Waals surface area contributed by atoms with Crippen molar-refractivity contribution in [1.82, 2.24) is 10.6 Å². The minimum absolute atomic E-state index is 0.00366. The van der Waals surface area contributed by atoms with E-state index in [2.05, 4.69) is 5.32 Å². The summed E-state index contributed by atoms with van der Waals surface area (Å²) in [6.45, 7) is 3.41. The fraction of sp³-hybridized carbons (Fsp3) is 0.462. The number of hydrogen-bond acceptors (Lipinski definition) is 3. The summed E-state index contributed by atoms with van der Waals surface area (Å²) in [5.41, 5.74) is 0.